The summed E-state index contributed by atoms with van der Waals surface area (Å²) in [4.78, 5) is 13.9. The van der Waals surface area contributed by atoms with Gasteiger partial charge in [0.05, 0.1) is 5.69 Å². The molecule has 2 aromatic carbocycles. The Bertz CT molecular complexity index is 1110. The first-order valence-corrected chi connectivity index (χ1v) is 10.8. The van der Waals surface area contributed by atoms with Crippen LogP contribution in [0.1, 0.15) is 32.9 Å². The number of carbonyl (C=O) groups is 1. The zero-order chi connectivity index (χ0) is 22.2. The van der Waals surface area contributed by atoms with E-state index in [-0.39, 0.29) is 24.2 Å². The molecule has 0 fully saturated rings. The van der Waals surface area contributed by atoms with Crippen LogP contribution in [0, 0.1) is 3.57 Å². The van der Waals surface area contributed by atoms with Crippen LogP contribution in [0.25, 0.3) is 5.69 Å². The van der Waals surface area contributed by atoms with Crippen LogP contribution < -0.4 is 5.32 Å². The number of benzene rings is 2. The van der Waals surface area contributed by atoms with Crippen LogP contribution in [-0.4, -0.2) is 34.2 Å². The van der Waals surface area contributed by atoms with Gasteiger partial charge in [0.2, 0.25) is 0 Å². The highest BCUT2D eigenvalue weighted by Gasteiger charge is 2.42. The monoisotopic (exact) mass is 540 g/mol. The number of carbonyl (C=O) groups excluding carboxylic acids is 1. The molecule has 0 saturated heterocycles. The minimum Gasteiger partial charge on any atom is -0.340 e. The Balaban J connectivity index is 0.000000282. The molecule has 3 heterocycles. The van der Waals surface area contributed by atoms with E-state index in [4.69, 9.17) is 0 Å². The Morgan fingerprint density at radius 1 is 1.06 bits per heavy atom. The minimum absolute atomic E-state index is 0.00998. The van der Waals surface area contributed by atoms with Crippen molar-refractivity contribution in [2.75, 3.05) is 13.6 Å². The second-order valence-electron chi connectivity index (χ2n) is 7.41. The average Bonchev–Trinajstić information content (AvgIpc) is 3.36. The Kier molecular flexibility index (Phi) is 6.07. The molecule has 0 aliphatic carbocycles. The predicted octanol–water partition coefficient (Wildman–Crippen LogP) is 4.41. The zero-order valence-corrected chi connectivity index (χ0v) is 18.9. The van der Waals surface area contributed by atoms with E-state index >= 15 is 0 Å². The summed E-state index contributed by atoms with van der Waals surface area (Å²) in [6.45, 7) is 1.66. The van der Waals surface area contributed by atoms with Gasteiger partial charge in [0, 0.05) is 35.8 Å². The van der Waals surface area contributed by atoms with Crippen LogP contribution in [0.4, 0.5) is 13.2 Å². The lowest BCUT2D eigenvalue weighted by Crippen LogP contribution is -2.35. The van der Waals surface area contributed by atoms with Crippen molar-refractivity contribution >= 4 is 28.5 Å². The van der Waals surface area contributed by atoms with E-state index in [1.54, 1.807) is 19.2 Å². The van der Waals surface area contributed by atoms with Crippen molar-refractivity contribution in [2.45, 2.75) is 25.7 Å². The summed E-state index contributed by atoms with van der Waals surface area (Å²) < 4.78 is 42.5. The summed E-state index contributed by atoms with van der Waals surface area (Å²) in [7, 11) is 1.59. The average molecular weight is 540 g/mol. The highest BCUT2D eigenvalue weighted by atomic mass is 127. The SMILES string of the molecule is CN1CCc2c(C(F)(F)F)nn(-c3ccc4c(c3)CNC4)c2C1=O.Ic1ccccc1. The van der Waals surface area contributed by atoms with Crippen LogP contribution in [0.5, 0.6) is 0 Å². The van der Waals surface area contributed by atoms with Gasteiger partial charge < -0.3 is 10.2 Å². The van der Waals surface area contributed by atoms with E-state index < -0.39 is 17.8 Å². The van der Waals surface area contributed by atoms with Crippen molar-refractivity contribution in [3.05, 3.63) is 80.2 Å². The van der Waals surface area contributed by atoms with E-state index in [1.165, 1.54) is 8.47 Å². The van der Waals surface area contributed by atoms with E-state index in [0.29, 0.717) is 12.2 Å². The van der Waals surface area contributed by atoms with Gasteiger partial charge in [-0.05, 0) is 64.4 Å². The molecule has 5 rings (SSSR count). The Hall–Kier alpha value is -2.40. The van der Waals surface area contributed by atoms with E-state index in [2.05, 4.69) is 45.1 Å². The van der Waals surface area contributed by atoms with Gasteiger partial charge >= 0.3 is 6.18 Å². The van der Waals surface area contributed by atoms with Gasteiger partial charge in [-0.1, -0.05) is 24.3 Å². The summed E-state index contributed by atoms with van der Waals surface area (Å²) in [5.41, 5.74) is 1.65. The lowest BCUT2D eigenvalue weighted by Gasteiger charge is -2.23. The molecule has 5 nitrogen and oxygen atoms in total. The topological polar surface area (TPSA) is 50.2 Å². The molecule has 2 aliphatic heterocycles. The standard InChI is InChI=1S/C16H15F3N4O.C6H5I/c1-22-5-4-12-13(15(22)24)23(21-14(12)16(17,18)19)11-3-2-9-7-20-8-10(9)6-11;7-6-4-2-1-3-5-6/h2-3,6,20H,4-5,7-8H2,1H3;1-5H. The first-order chi connectivity index (χ1) is 14.8. The van der Waals surface area contributed by atoms with E-state index in [9.17, 15) is 18.0 Å². The number of hydrogen-bond acceptors (Lipinski definition) is 3. The van der Waals surface area contributed by atoms with E-state index in [0.717, 1.165) is 22.4 Å². The van der Waals surface area contributed by atoms with Gasteiger partial charge in [0.1, 0.15) is 5.69 Å². The molecule has 31 heavy (non-hydrogen) atoms. The van der Waals surface area contributed by atoms with Gasteiger partial charge in [-0.2, -0.15) is 18.3 Å². The highest BCUT2D eigenvalue weighted by molar-refractivity contribution is 14.1. The summed E-state index contributed by atoms with van der Waals surface area (Å²) in [5.74, 6) is -0.433. The number of likely N-dealkylation sites (N-methyl/N-ethyl adjacent to an activating group) is 1. The molecular weight excluding hydrogens is 520 g/mol. The zero-order valence-electron chi connectivity index (χ0n) is 16.7. The number of halogens is 4. The molecule has 0 bridgehead atoms. The van der Waals surface area contributed by atoms with Crippen molar-refractivity contribution in [1.82, 2.24) is 20.0 Å². The maximum Gasteiger partial charge on any atom is 0.435 e. The molecule has 1 aromatic heterocycles. The molecule has 0 spiro atoms. The van der Waals surface area contributed by atoms with Gasteiger partial charge in [-0.25, -0.2) is 4.68 Å². The van der Waals surface area contributed by atoms with Crippen LogP contribution in [0.3, 0.4) is 0 Å². The maximum atomic E-state index is 13.3. The van der Waals surface area contributed by atoms with Gasteiger partial charge in [0.15, 0.2) is 5.69 Å². The first-order valence-electron chi connectivity index (χ1n) is 9.73. The molecule has 1 N–H and O–H groups in total. The van der Waals surface area contributed by atoms with Crippen molar-refractivity contribution in [2.24, 2.45) is 0 Å². The second-order valence-corrected chi connectivity index (χ2v) is 8.66. The lowest BCUT2D eigenvalue weighted by molar-refractivity contribution is -0.142. The maximum absolute atomic E-state index is 13.3. The minimum atomic E-state index is -4.58. The van der Waals surface area contributed by atoms with Crippen LogP contribution >= 0.6 is 22.6 Å². The number of rotatable bonds is 1. The highest BCUT2D eigenvalue weighted by Crippen LogP contribution is 2.36. The van der Waals surface area contributed by atoms with Crippen LogP contribution in [-0.2, 0) is 25.7 Å². The molecule has 3 aromatic rings. The molecule has 9 heteroatoms. The molecule has 0 radical (unpaired) electrons. The fourth-order valence-electron chi connectivity index (χ4n) is 3.71. The summed E-state index contributed by atoms with van der Waals surface area (Å²) in [6.07, 6.45) is -4.43. The normalized spacial score (nSPS) is 15.3. The van der Waals surface area contributed by atoms with Crippen LogP contribution in [0.15, 0.2) is 48.5 Å². The Morgan fingerprint density at radius 3 is 2.42 bits per heavy atom. The molecular formula is C22H20F3IN4O. The van der Waals surface area contributed by atoms with Crippen molar-refractivity contribution in [3.63, 3.8) is 0 Å². The number of nitrogens with one attached hydrogen (secondary N) is 1. The quantitative estimate of drug-likeness (QED) is 0.466. The van der Waals surface area contributed by atoms with Crippen LogP contribution in [0.2, 0.25) is 0 Å². The van der Waals surface area contributed by atoms with Crippen molar-refractivity contribution in [1.29, 1.82) is 0 Å². The number of nitrogens with zero attached hydrogens (tertiary/aromatic N) is 3. The van der Waals surface area contributed by atoms with Gasteiger partial charge in [-0.15, -0.1) is 0 Å². The third kappa shape index (κ3) is 4.47. The molecule has 0 saturated carbocycles. The molecule has 162 valence electrons. The number of amides is 1. The number of aromatic nitrogens is 2. The molecule has 0 unspecified atom stereocenters. The van der Waals surface area contributed by atoms with Crippen molar-refractivity contribution in [3.8, 4) is 5.69 Å². The second kappa shape index (κ2) is 8.62. The molecule has 2 aliphatic rings. The lowest BCUT2D eigenvalue weighted by atomic mass is 10.0. The first kappa shape index (κ1) is 21.8. The van der Waals surface area contributed by atoms with Gasteiger partial charge in [-0.3, -0.25) is 4.79 Å². The summed E-state index contributed by atoms with van der Waals surface area (Å²) in [5, 5.41) is 6.96. The van der Waals surface area contributed by atoms with Crippen molar-refractivity contribution < 1.29 is 18.0 Å². The Morgan fingerprint density at radius 2 is 1.77 bits per heavy atom. The smallest absolute Gasteiger partial charge is 0.340 e. The number of fused-ring (bicyclic) bond motifs is 2. The van der Waals surface area contributed by atoms with Gasteiger partial charge in [0.25, 0.3) is 5.91 Å². The predicted molar refractivity (Wildman–Crippen MR) is 119 cm³/mol. The summed E-state index contributed by atoms with van der Waals surface area (Å²) >= 11 is 2.28. The Labute approximate surface area is 191 Å². The third-order valence-corrected chi connectivity index (χ3v) is 6.02. The largest absolute Gasteiger partial charge is 0.435 e. The molecule has 1 amide bonds. The summed E-state index contributed by atoms with van der Waals surface area (Å²) in [6, 6.07) is 15.6. The molecule has 0 atom stereocenters. The number of alkyl halides is 3. The fourth-order valence-corrected chi connectivity index (χ4v) is 4.13. The van der Waals surface area contributed by atoms with E-state index in [1.807, 2.05) is 24.3 Å². The number of hydrogen-bond donors (Lipinski definition) is 1. The fraction of sp³-hybridized carbons (Fsp3) is 0.273. The third-order valence-electron chi connectivity index (χ3n) is 5.30.